The summed E-state index contributed by atoms with van der Waals surface area (Å²) in [6.45, 7) is 4.62. The zero-order chi connectivity index (χ0) is 13.7. The number of hydrogen-bond donors (Lipinski definition) is 2. The van der Waals surface area contributed by atoms with Crippen molar-refractivity contribution in [2.75, 3.05) is 12.3 Å². The fourth-order valence-corrected chi connectivity index (χ4v) is 3.27. The molecule has 0 spiro atoms. The maximum Gasteiger partial charge on any atom is 0.234 e. The summed E-state index contributed by atoms with van der Waals surface area (Å²) in [5, 5.41) is 6.37. The normalized spacial score (nSPS) is 19.6. The van der Waals surface area contributed by atoms with Gasteiger partial charge in [0, 0.05) is 16.7 Å². The first kappa shape index (κ1) is 14.4. The molecule has 19 heavy (non-hydrogen) atoms. The topological polar surface area (TPSA) is 41.1 Å². The van der Waals surface area contributed by atoms with Crippen molar-refractivity contribution in [2.24, 2.45) is 0 Å². The summed E-state index contributed by atoms with van der Waals surface area (Å²) in [4.78, 5) is 13.3. The minimum atomic E-state index is 0.0898. The molecule has 0 bridgehead atoms. The first-order valence-electron chi connectivity index (χ1n) is 6.95. The second kappa shape index (κ2) is 6.96. The van der Waals surface area contributed by atoms with Crippen molar-refractivity contribution in [3.8, 4) is 0 Å². The fourth-order valence-electron chi connectivity index (χ4n) is 2.15. The highest BCUT2D eigenvalue weighted by Gasteiger charge is 2.21. The number of thioether (sulfide) groups is 1. The van der Waals surface area contributed by atoms with Crippen LogP contribution >= 0.6 is 11.8 Å². The van der Waals surface area contributed by atoms with Crippen LogP contribution in [0.2, 0.25) is 0 Å². The second-order valence-electron chi connectivity index (χ2n) is 4.99. The number of amides is 1. The van der Waals surface area contributed by atoms with Gasteiger partial charge in [0.2, 0.25) is 5.91 Å². The molecule has 1 aromatic carbocycles. The average Bonchev–Trinajstić information content (AvgIpc) is 2.45. The molecule has 1 heterocycles. The Kier molecular flexibility index (Phi) is 5.28. The molecule has 0 saturated carbocycles. The van der Waals surface area contributed by atoms with Crippen LogP contribution in [0.25, 0.3) is 0 Å². The SMILES string of the molecule is CCC(C)NCC(=O)NC1CCSc2ccccc21. The first-order valence-corrected chi connectivity index (χ1v) is 7.93. The summed E-state index contributed by atoms with van der Waals surface area (Å²) in [6, 6.07) is 8.91. The summed E-state index contributed by atoms with van der Waals surface area (Å²) in [6.07, 6.45) is 2.05. The molecular formula is C15H22N2OS. The molecule has 2 N–H and O–H groups in total. The predicted molar refractivity (Wildman–Crippen MR) is 80.4 cm³/mol. The lowest BCUT2D eigenvalue weighted by Crippen LogP contribution is -2.40. The van der Waals surface area contributed by atoms with Gasteiger partial charge in [-0.2, -0.15) is 0 Å². The molecule has 2 rings (SSSR count). The third-order valence-corrected chi connectivity index (χ3v) is 4.64. The molecule has 2 unspecified atom stereocenters. The Balaban J connectivity index is 1.91. The number of carbonyl (C=O) groups excluding carboxylic acids is 1. The van der Waals surface area contributed by atoms with Gasteiger partial charge in [0.1, 0.15) is 0 Å². The van der Waals surface area contributed by atoms with Crippen LogP contribution in [-0.2, 0) is 4.79 Å². The highest BCUT2D eigenvalue weighted by atomic mass is 32.2. The smallest absolute Gasteiger partial charge is 0.234 e. The molecule has 1 aliphatic rings. The van der Waals surface area contributed by atoms with Gasteiger partial charge in [-0.15, -0.1) is 11.8 Å². The molecule has 1 aromatic rings. The maximum absolute atomic E-state index is 12.0. The van der Waals surface area contributed by atoms with E-state index < -0.39 is 0 Å². The van der Waals surface area contributed by atoms with E-state index in [2.05, 4.69) is 42.7 Å². The second-order valence-corrected chi connectivity index (χ2v) is 6.12. The van der Waals surface area contributed by atoms with E-state index in [1.54, 1.807) is 0 Å². The van der Waals surface area contributed by atoms with Crippen molar-refractivity contribution in [1.82, 2.24) is 10.6 Å². The summed E-state index contributed by atoms with van der Waals surface area (Å²) in [7, 11) is 0. The highest BCUT2D eigenvalue weighted by molar-refractivity contribution is 7.99. The minimum Gasteiger partial charge on any atom is -0.348 e. The van der Waals surface area contributed by atoms with Gasteiger partial charge in [0.25, 0.3) is 0 Å². The Labute approximate surface area is 119 Å². The van der Waals surface area contributed by atoms with Crippen LogP contribution in [0.4, 0.5) is 0 Å². The molecule has 2 atom stereocenters. The molecule has 4 heteroatoms. The van der Waals surface area contributed by atoms with Crippen LogP contribution in [0.3, 0.4) is 0 Å². The Morgan fingerprint density at radius 3 is 3.05 bits per heavy atom. The van der Waals surface area contributed by atoms with Gasteiger partial charge >= 0.3 is 0 Å². The molecule has 0 saturated heterocycles. The Hall–Kier alpha value is -1.00. The van der Waals surface area contributed by atoms with Crippen molar-refractivity contribution in [3.05, 3.63) is 29.8 Å². The van der Waals surface area contributed by atoms with Crippen molar-refractivity contribution >= 4 is 17.7 Å². The largest absolute Gasteiger partial charge is 0.348 e. The maximum atomic E-state index is 12.0. The molecule has 0 aromatic heterocycles. The zero-order valence-corrected chi connectivity index (χ0v) is 12.4. The molecule has 1 amide bonds. The number of nitrogens with one attached hydrogen (secondary N) is 2. The highest BCUT2D eigenvalue weighted by Crippen LogP contribution is 2.35. The number of benzene rings is 1. The Bertz CT molecular complexity index is 436. The zero-order valence-electron chi connectivity index (χ0n) is 11.6. The third-order valence-electron chi connectivity index (χ3n) is 3.52. The van der Waals surface area contributed by atoms with Crippen molar-refractivity contribution < 1.29 is 4.79 Å². The van der Waals surface area contributed by atoms with Crippen LogP contribution in [-0.4, -0.2) is 24.2 Å². The lowest BCUT2D eigenvalue weighted by Gasteiger charge is -2.26. The molecule has 0 radical (unpaired) electrons. The lowest BCUT2D eigenvalue weighted by atomic mass is 10.0. The minimum absolute atomic E-state index is 0.0898. The standard InChI is InChI=1S/C15H22N2OS/c1-3-11(2)16-10-15(18)17-13-8-9-19-14-7-5-4-6-12(13)14/h4-7,11,13,16H,3,8-10H2,1-2H3,(H,17,18). The molecule has 0 fully saturated rings. The van der Waals surface area contributed by atoms with Gasteiger partial charge in [-0.05, 0) is 31.4 Å². The molecule has 1 aliphatic heterocycles. The third kappa shape index (κ3) is 3.98. The van der Waals surface area contributed by atoms with E-state index >= 15 is 0 Å². The van der Waals surface area contributed by atoms with Crippen molar-refractivity contribution in [1.29, 1.82) is 0 Å². The van der Waals surface area contributed by atoms with Crippen LogP contribution in [0, 0.1) is 0 Å². The van der Waals surface area contributed by atoms with E-state index in [0.29, 0.717) is 12.6 Å². The van der Waals surface area contributed by atoms with Crippen molar-refractivity contribution in [3.63, 3.8) is 0 Å². The number of rotatable bonds is 5. The average molecular weight is 278 g/mol. The van der Waals surface area contributed by atoms with Gasteiger partial charge in [0.15, 0.2) is 0 Å². The molecular weight excluding hydrogens is 256 g/mol. The van der Waals surface area contributed by atoms with E-state index in [4.69, 9.17) is 0 Å². The Morgan fingerprint density at radius 1 is 1.47 bits per heavy atom. The van der Waals surface area contributed by atoms with Gasteiger partial charge in [0.05, 0.1) is 12.6 Å². The van der Waals surface area contributed by atoms with Gasteiger partial charge in [-0.25, -0.2) is 0 Å². The summed E-state index contributed by atoms with van der Waals surface area (Å²) in [5.74, 6) is 1.16. The van der Waals surface area contributed by atoms with Gasteiger partial charge in [-0.3, -0.25) is 4.79 Å². The monoisotopic (exact) mass is 278 g/mol. The quantitative estimate of drug-likeness (QED) is 0.870. The number of hydrogen-bond acceptors (Lipinski definition) is 3. The number of fused-ring (bicyclic) bond motifs is 1. The van der Waals surface area contributed by atoms with Crippen LogP contribution in [0.1, 0.15) is 38.3 Å². The summed E-state index contributed by atoms with van der Waals surface area (Å²) >= 11 is 1.87. The van der Waals surface area contributed by atoms with Gasteiger partial charge < -0.3 is 10.6 Å². The first-order chi connectivity index (χ1) is 9.20. The van der Waals surface area contributed by atoms with E-state index in [9.17, 15) is 4.79 Å². The van der Waals surface area contributed by atoms with E-state index in [-0.39, 0.29) is 11.9 Å². The van der Waals surface area contributed by atoms with Crippen LogP contribution < -0.4 is 10.6 Å². The summed E-state index contributed by atoms with van der Waals surface area (Å²) in [5.41, 5.74) is 1.26. The molecule has 104 valence electrons. The molecule has 3 nitrogen and oxygen atoms in total. The number of carbonyl (C=O) groups is 1. The Morgan fingerprint density at radius 2 is 2.26 bits per heavy atom. The molecule has 0 aliphatic carbocycles. The lowest BCUT2D eigenvalue weighted by molar-refractivity contribution is -0.121. The van der Waals surface area contributed by atoms with Crippen molar-refractivity contribution in [2.45, 2.75) is 43.7 Å². The van der Waals surface area contributed by atoms with Crippen LogP contribution in [0.15, 0.2) is 29.2 Å². The van der Waals surface area contributed by atoms with Crippen LogP contribution in [0.5, 0.6) is 0 Å². The summed E-state index contributed by atoms with van der Waals surface area (Å²) < 4.78 is 0. The fraction of sp³-hybridized carbons (Fsp3) is 0.533. The van der Waals surface area contributed by atoms with E-state index in [1.165, 1.54) is 10.5 Å². The van der Waals surface area contributed by atoms with E-state index in [0.717, 1.165) is 18.6 Å². The predicted octanol–water partition coefficient (Wildman–Crippen LogP) is 2.73. The van der Waals surface area contributed by atoms with E-state index in [1.807, 2.05) is 17.8 Å². The van der Waals surface area contributed by atoms with Gasteiger partial charge in [-0.1, -0.05) is 25.1 Å².